The van der Waals surface area contributed by atoms with Crippen LogP contribution in [0.4, 0.5) is 0 Å². The summed E-state index contributed by atoms with van der Waals surface area (Å²) in [6.45, 7) is 24.6. The molecule has 96 heavy (non-hydrogen) atoms. The van der Waals surface area contributed by atoms with Crippen molar-refractivity contribution < 1.29 is 27.9 Å². The molecule has 0 spiro atoms. The minimum Gasteiger partial charge on any atom is -0.405 e. The number of halogens is 1. The van der Waals surface area contributed by atoms with E-state index in [-0.39, 0.29) is 22.4 Å². The number of nitrogens with zero attached hydrogens (tertiary/aromatic N) is 6. The first-order valence-electron chi connectivity index (χ1n) is 33.0. The molecule has 0 saturated carbocycles. The molecular formula is C80H76B3BrN6O6. The number of rotatable bonds is 8. The predicted molar refractivity (Wildman–Crippen MR) is 397 cm³/mol. The zero-order chi connectivity index (χ0) is 66.7. The third-order valence-corrected chi connectivity index (χ3v) is 21.2. The summed E-state index contributed by atoms with van der Waals surface area (Å²) in [5.41, 5.74) is 14.5. The van der Waals surface area contributed by atoms with E-state index in [2.05, 4.69) is 266 Å². The Morgan fingerprint density at radius 3 is 1.14 bits per heavy atom. The maximum absolute atomic E-state index is 6.43. The number of para-hydroxylation sites is 2. The Morgan fingerprint density at radius 1 is 0.323 bits per heavy atom. The molecule has 0 radical (unpaired) electrons. The SMILES string of the molecule is Brc1ccc2c(c1)c1ccc3c(ccn3-c3cccc(-c4ccccn4)c3)c1n2-c1ccccc1.CC1(C)OB(B2OC(C)(C)C(C)(C)O2)OC1(C)C.CC1(C)OB(c2ccc3c(c2)c2ccc4c(ccn4-c4cccc(-c5ccccn5)c4)c2n3-c2ccccc2)OC1(C)C. The molecule has 0 bridgehead atoms. The quantitative estimate of drug-likeness (QED) is 0.139. The lowest BCUT2D eigenvalue weighted by atomic mass is 9.49. The molecule has 3 aliphatic rings. The van der Waals surface area contributed by atoms with Crippen molar-refractivity contribution in [2.75, 3.05) is 0 Å². The first kappa shape index (κ1) is 63.2. The third-order valence-electron chi connectivity index (χ3n) is 20.7. The fourth-order valence-corrected chi connectivity index (χ4v) is 13.8. The van der Waals surface area contributed by atoms with Crippen LogP contribution in [-0.4, -0.2) is 83.0 Å². The second kappa shape index (κ2) is 23.8. The second-order valence-electron chi connectivity index (χ2n) is 28.3. The van der Waals surface area contributed by atoms with Crippen LogP contribution in [0.15, 0.2) is 248 Å². The molecule has 0 aliphatic carbocycles. The Balaban J connectivity index is 0.000000128. The molecule has 478 valence electrons. The Labute approximate surface area is 570 Å². The van der Waals surface area contributed by atoms with Gasteiger partial charge in [-0.25, -0.2) is 0 Å². The van der Waals surface area contributed by atoms with Crippen molar-refractivity contribution in [3.8, 4) is 45.3 Å². The number of hydrogen-bond donors (Lipinski definition) is 0. The summed E-state index contributed by atoms with van der Waals surface area (Å²) in [6, 6.07) is 77.0. The van der Waals surface area contributed by atoms with E-state index >= 15 is 0 Å². The molecule has 0 unspecified atom stereocenters. The van der Waals surface area contributed by atoms with E-state index in [1.807, 2.05) is 104 Å². The summed E-state index contributed by atoms with van der Waals surface area (Å²) < 4.78 is 47.1. The van der Waals surface area contributed by atoms with Crippen molar-refractivity contribution in [3.05, 3.63) is 248 Å². The zero-order valence-electron chi connectivity index (χ0n) is 56.3. The highest BCUT2D eigenvalue weighted by Crippen LogP contribution is 2.45. The van der Waals surface area contributed by atoms with Gasteiger partial charge in [-0.05, 0) is 210 Å². The molecule has 0 atom stereocenters. The predicted octanol–water partition coefficient (Wildman–Crippen LogP) is 18.9. The van der Waals surface area contributed by atoms with E-state index in [0.29, 0.717) is 0 Å². The van der Waals surface area contributed by atoms with Crippen LogP contribution in [0.2, 0.25) is 0 Å². The number of benzene rings is 8. The summed E-state index contributed by atoms with van der Waals surface area (Å²) in [7, 11) is -1.37. The van der Waals surface area contributed by atoms with E-state index in [4.69, 9.17) is 27.9 Å². The molecule has 0 amide bonds. The van der Waals surface area contributed by atoms with Crippen LogP contribution < -0.4 is 5.46 Å². The smallest absolute Gasteiger partial charge is 0.405 e. The Kier molecular flexibility index (Phi) is 15.7. The van der Waals surface area contributed by atoms with Crippen LogP contribution in [-0.2, 0) is 27.9 Å². The Hall–Kier alpha value is -8.83. The fourth-order valence-electron chi connectivity index (χ4n) is 13.4. The van der Waals surface area contributed by atoms with Gasteiger partial charge in [-0.2, -0.15) is 0 Å². The van der Waals surface area contributed by atoms with Crippen LogP contribution in [0, 0.1) is 0 Å². The molecule has 14 aromatic rings. The van der Waals surface area contributed by atoms with Crippen molar-refractivity contribution in [1.82, 2.24) is 28.2 Å². The molecular weight excluding hydrogens is 1250 g/mol. The highest BCUT2D eigenvalue weighted by atomic mass is 79.9. The van der Waals surface area contributed by atoms with Crippen molar-refractivity contribution in [1.29, 1.82) is 0 Å². The molecule has 3 aliphatic heterocycles. The molecule has 17 rings (SSSR count). The molecule has 0 N–H and O–H groups in total. The monoisotopic (exact) mass is 1330 g/mol. The van der Waals surface area contributed by atoms with E-state index in [1.165, 1.54) is 54.4 Å². The highest BCUT2D eigenvalue weighted by molar-refractivity contribution is 9.10. The molecule has 9 heterocycles. The van der Waals surface area contributed by atoms with Gasteiger partial charge in [0.1, 0.15) is 0 Å². The molecule has 6 aromatic heterocycles. The van der Waals surface area contributed by atoms with E-state index in [1.54, 1.807) is 0 Å². The van der Waals surface area contributed by atoms with Gasteiger partial charge >= 0.3 is 21.1 Å². The maximum Gasteiger partial charge on any atom is 0.494 e. The van der Waals surface area contributed by atoms with Gasteiger partial charge in [0.15, 0.2) is 0 Å². The summed E-state index contributed by atoms with van der Waals surface area (Å²) in [6.07, 6.45) is 8.02. The lowest BCUT2D eigenvalue weighted by Crippen LogP contribution is -2.41. The van der Waals surface area contributed by atoms with Crippen LogP contribution >= 0.6 is 15.9 Å². The largest absolute Gasteiger partial charge is 0.494 e. The van der Waals surface area contributed by atoms with Gasteiger partial charge in [0.05, 0.1) is 78.1 Å². The molecule has 12 nitrogen and oxygen atoms in total. The number of hydrogen-bond acceptors (Lipinski definition) is 8. The molecule has 3 fully saturated rings. The fraction of sp³-hybridized carbons (Fsp3) is 0.225. The summed E-state index contributed by atoms with van der Waals surface area (Å²) in [5, 5.41) is 7.28. The average molecular weight is 1330 g/mol. The van der Waals surface area contributed by atoms with Crippen LogP contribution in [0.5, 0.6) is 0 Å². The standard InChI is InChI=1S/C37H32BN3O2.C31H20BrN3.C12H24B2O4/c1-36(2)37(3,4)43-38(42-36)26-16-18-34-31(24-26)29-17-19-33-30(35(29)41(34)27-12-6-5-7-13-27)20-22-40(33)28-14-10-11-25(23-28)32-15-8-9-21-39-32;32-22-12-14-30-27(20-22)25-13-15-29-26(31(25)35(30)23-8-2-1-3-9-23)16-18-34(29)24-10-6-7-21(19-24)28-11-4-5-17-33-28;1-9(2)10(3,4)16-13(15-9)14-17-11(5,6)12(7,8)18-14/h5-24H,1-4H3;1-20H;1-8H3. The summed E-state index contributed by atoms with van der Waals surface area (Å²) >= 11 is 3.68. The van der Waals surface area contributed by atoms with Crippen molar-refractivity contribution >= 4 is 108 Å². The Morgan fingerprint density at radius 2 is 0.708 bits per heavy atom. The maximum atomic E-state index is 6.43. The zero-order valence-corrected chi connectivity index (χ0v) is 57.9. The summed E-state index contributed by atoms with van der Waals surface area (Å²) in [5.74, 6) is 0. The molecule has 3 saturated heterocycles. The van der Waals surface area contributed by atoms with Gasteiger partial charge in [-0.1, -0.05) is 113 Å². The lowest BCUT2D eigenvalue weighted by molar-refractivity contribution is 0.00578. The minimum atomic E-state index is -0.476. The molecule has 16 heteroatoms. The van der Waals surface area contributed by atoms with E-state index < -0.39 is 32.3 Å². The third kappa shape index (κ3) is 11.0. The summed E-state index contributed by atoms with van der Waals surface area (Å²) in [4.78, 5) is 9.10. The second-order valence-corrected chi connectivity index (χ2v) is 29.2. The van der Waals surface area contributed by atoms with Gasteiger partial charge in [0, 0.05) is 95.5 Å². The first-order chi connectivity index (χ1) is 46.0. The van der Waals surface area contributed by atoms with Gasteiger partial charge < -0.3 is 46.2 Å². The van der Waals surface area contributed by atoms with Crippen LogP contribution in [0.1, 0.15) is 83.1 Å². The van der Waals surface area contributed by atoms with E-state index in [0.717, 1.165) is 66.2 Å². The van der Waals surface area contributed by atoms with Crippen LogP contribution in [0.3, 0.4) is 0 Å². The van der Waals surface area contributed by atoms with Crippen LogP contribution in [0.25, 0.3) is 111 Å². The van der Waals surface area contributed by atoms with Crippen molar-refractivity contribution in [2.45, 2.75) is 117 Å². The van der Waals surface area contributed by atoms with Gasteiger partial charge in [0.25, 0.3) is 0 Å². The first-order valence-corrected chi connectivity index (χ1v) is 33.8. The van der Waals surface area contributed by atoms with Gasteiger partial charge in [0.2, 0.25) is 0 Å². The number of aromatic nitrogens is 6. The number of fused-ring (bicyclic) bond motifs is 10. The average Bonchev–Trinajstić information content (AvgIpc) is 1.56. The minimum absolute atomic E-state index is 0.360. The highest BCUT2D eigenvalue weighted by Gasteiger charge is 2.64. The lowest BCUT2D eigenvalue weighted by Gasteiger charge is -2.32. The molecule has 8 aromatic carbocycles. The Bertz CT molecular complexity index is 5180. The van der Waals surface area contributed by atoms with E-state index in [9.17, 15) is 0 Å². The van der Waals surface area contributed by atoms with Gasteiger partial charge in [-0.3, -0.25) is 9.97 Å². The number of pyridine rings is 2. The van der Waals surface area contributed by atoms with Crippen molar-refractivity contribution in [3.63, 3.8) is 0 Å². The van der Waals surface area contributed by atoms with Gasteiger partial charge in [-0.15, -0.1) is 0 Å². The normalized spacial score (nSPS) is 17.4. The topological polar surface area (TPSA) is 101 Å². The van der Waals surface area contributed by atoms with Crippen molar-refractivity contribution in [2.24, 2.45) is 0 Å².